The Balaban J connectivity index is 2.07. The third-order valence-corrected chi connectivity index (χ3v) is 5.74. The maximum Gasteiger partial charge on any atom is 0.211 e. The van der Waals surface area contributed by atoms with Crippen molar-refractivity contribution < 1.29 is 12.8 Å². The van der Waals surface area contributed by atoms with Crippen LogP contribution in [0.5, 0.6) is 0 Å². The number of halogens is 2. The normalized spacial score (nSPS) is 22.1. The van der Waals surface area contributed by atoms with Crippen molar-refractivity contribution in [2.24, 2.45) is 5.92 Å². The lowest BCUT2D eigenvalue weighted by molar-refractivity contribution is 0.248. The molecule has 1 fully saturated rings. The molecular formula is C15H21ClFNO2S. The first-order valence-electron chi connectivity index (χ1n) is 7.17. The van der Waals surface area contributed by atoms with E-state index in [1.165, 1.54) is 16.6 Å². The van der Waals surface area contributed by atoms with E-state index in [1.54, 1.807) is 12.1 Å². The molecule has 0 radical (unpaired) electrons. The SMILES string of the molecule is CS(=O)(=O)N1CCCC(CC(CCl)c2ccccc2F)C1. The van der Waals surface area contributed by atoms with Gasteiger partial charge in [0.1, 0.15) is 5.82 Å². The van der Waals surface area contributed by atoms with Gasteiger partial charge in [-0.05, 0) is 36.8 Å². The molecule has 1 aliphatic heterocycles. The van der Waals surface area contributed by atoms with Gasteiger partial charge < -0.3 is 0 Å². The second-order valence-corrected chi connectivity index (χ2v) is 8.03. The Morgan fingerprint density at radius 3 is 2.76 bits per heavy atom. The van der Waals surface area contributed by atoms with Gasteiger partial charge in [-0.3, -0.25) is 0 Å². The zero-order chi connectivity index (χ0) is 15.5. The molecule has 1 heterocycles. The molecule has 0 aliphatic carbocycles. The summed E-state index contributed by atoms with van der Waals surface area (Å²) in [6, 6.07) is 6.68. The molecule has 2 unspecified atom stereocenters. The van der Waals surface area contributed by atoms with Gasteiger partial charge in [-0.25, -0.2) is 17.1 Å². The van der Waals surface area contributed by atoms with Gasteiger partial charge in [0.25, 0.3) is 0 Å². The molecule has 1 aromatic rings. The van der Waals surface area contributed by atoms with E-state index in [9.17, 15) is 12.8 Å². The average Bonchev–Trinajstić information content (AvgIpc) is 2.45. The quantitative estimate of drug-likeness (QED) is 0.776. The summed E-state index contributed by atoms with van der Waals surface area (Å²) >= 11 is 6.02. The zero-order valence-corrected chi connectivity index (χ0v) is 13.7. The molecule has 1 aromatic carbocycles. The van der Waals surface area contributed by atoms with Crippen LogP contribution in [0.1, 0.15) is 30.7 Å². The number of nitrogens with zero attached hydrogens (tertiary/aromatic N) is 1. The van der Waals surface area contributed by atoms with E-state index in [-0.39, 0.29) is 17.7 Å². The first-order valence-corrected chi connectivity index (χ1v) is 9.55. The van der Waals surface area contributed by atoms with Gasteiger partial charge in [0.15, 0.2) is 0 Å². The lowest BCUT2D eigenvalue weighted by Crippen LogP contribution is -2.39. The Hall–Kier alpha value is -0.650. The van der Waals surface area contributed by atoms with Crippen molar-refractivity contribution in [3.8, 4) is 0 Å². The fourth-order valence-corrected chi connectivity index (χ4v) is 4.24. The largest absolute Gasteiger partial charge is 0.213 e. The molecule has 0 amide bonds. The monoisotopic (exact) mass is 333 g/mol. The Bertz CT molecular complexity index is 579. The van der Waals surface area contributed by atoms with Crippen molar-refractivity contribution in [1.82, 2.24) is 4.31 Å². The predicted molar refractivity (Wildman–Crippen MR) is 83.6 cm³/mol. The van der Waals surface area contributed by atoms with Gasteiger partial charge >= 0.3 is 0 Å². The molecule has 0 N–H and O–H groups in total. The van der Waals surface area contributed by atoms with Crippen molar-refractivity contribution >= 4 is 21.6 Å². The summed E-state index contributed by atoms with van der Waals surface area (Å²) in [6.45, 7) is 1.10. The summed E-state index contributed by atoms with van der Waals surface area (Å²) < 4.78 is 38.7. The van der Waals surface area contributed by atoms with Crippen LogP contribution < -0.4 is 0 Å². The Labute approximate surface area is 131 Å². The summed E-state index contributed by atoms with van der Waals surface area (Å²) in [7, 11) is -3.15. The van der Waals surface area contributed by atoms with Crippen LogP contribution in [0, 0.1) is 11.7 Å². The van der Waals surface area contributed by atoms with Crippen molar-refractivity contribution in [1.29, 1.82) is 0 Å². The molecular weight excluding hydrogens is 313 g/mol. The smallest absolute Gasteiger partial charge is 0.211 e. The van der Waals surface area contributed by atoms with E-state index in [4.69, 9.17) is 11.6 Å². The van der Waals surface area contributed by atoms with Crippen molar-refractivity contribution in [2.45, 2.75) is 25.2 Å². The van der Waals surface area contributed by atoms with E-state index >= 15 is 0 Å². The minimum absolute atomic E-state index is 0.0719. The lowest BCUT2D eigenvalue weighted by atomic mass is 9.86. The summed E-state index contributed by atoms with van der Waals surface area (Å²) in [5.41, 5.74) is 0.629. The van der Waals surface area contributed by atoms with Crippen LogP contribution in [-0.2, 0) is 10.0 Å². The van der Waals surface area contributed by atoms with Gasteiger partial charge in [-0.1, -0.05) is 18.2 Å². The van der Waals surface area contributed by atoms with E-state index < -0.39 is 10.0 Å². The molecule has 118 valence electrons. The van der Waals surface area contributed by atoms with E-state index in [1.807, 2.05) is 6.07 Å². The standard InChI is InChI=1S/C15H21ClFNO2S/c1-21(19,20)18-8-4-5-12(11-18)9-13(10-16)14-6-2-3-7-15(14)17/h2-3,6-7,12-13H,4-5,8-11H2,1H3. The zero-order valence-electron chi connectivity index (χ0n) is 12.1. The minimum Gasteiger partial charge on any atom is -0.213 e. The van der Waals surface area contributed by atoms with Gasteiger partial charge in [0, 0.05) is 24.9 Å². The highest BCUT2D eigenvalue weighted by Crippen LogP contribution is 2.31. The number of sulfonamides is 1. The lowest BCUT2D eigenvalue weighted by Gasteiger charge is -2.32. The first-order chi connectivity index (χ1) is 9.91. The maximum atomic E-state index is 13.9. The highest BCUT2D eigenvalue weighted by molar-refractivity contribution is 7.88. The summed E-state index contributed by atoms with van der Waals surface area (Å²) in [5.74, 6) is 0.268. The average molecular weight is 334 g/mol. The van der Waals surface area contributed by atoms with Crippen LogP contribution in [0.2, 0.25) is 0 Å². The molecule has 1 saturated heterocycles. The molecule has 6 heteroatoms. The fourth-order valence-electron chi connectivity index (χ4n) is 3.00. The molecule has 0 spiro atoms. The molecule has 0 saturated carbocycles. The summed E-state index contributed by atoms with van der Waals surface area (Å²) in [6.07, 6.45) is 3.78. The van der Waals surface area contributed by atoms with Crippen molar-refractivity contribution in [3.05, 3.63) is 35.6 Å². The second-order valence-electron chi connectivity index (χ2n) is 5.74. The second kappa shape index (κ2) is 7.07. The Morgan fingerprint density at radius 1 is 1.43 bits per heavy atom. The van der Waals surface area contributed by atoms with Gasteiger partial charge in [0.2, 0.25) is 10.0 Å². The highest BCUT2D eigenvalue weighted by Gasteiger charge is 2.28. The summed E-state index contributed by atoms with van der Waals surface area (Å²) in [4.78, 5) is 0. The number of hydrogen-bond donors (Lipinski definition) is 0. The van der Waals surface area contributed by atoms with Crippen LogP contribution in [-0.4, -0.2) is 37.9 Å². The molecule has 0 aromatic heterocycles. The Kier molecular flexibility index (Phi) is 5.63. The van der Waals surface area contributed by atoms with E-state index in [2.05, 4.69) is 0 Å². The predicted octanol–water partition coefficient (Wildman–Crippen LogP) is 3.21. The van der Waals surface area contributed by atoms with Crippen molar-refractivity contribution in [3.63, 3.8) is 0 Å². The Morgan fingerprint density at radius 2 is 2.14 bits per heavy atom. The van der Waals surface area contributed by atoms with Gasteiger partial charge in [-0.2, -0.15) is 0 Å². The molecule has 21 heavy (non-hydrogen) atoms. The minimum atomic E-state index is -3.15. The van der Waals surface area contributed by atoms with Crippen molar-refractivity contribution in [2.75, 3.05) is 25.2 Å². The highest BCUT2D eigenvalue weighted by atomic mass is 35.5. The number of hydrogen-bond acceptors (Lipinski definition) is 2. The third-order valence-electron chi connectivity index (χ3n) is 4.10. The van der Waals surface area contributed by atoms with E-state index in [0.717, 1.165) is 19.3 Å². The molecule has 2 atom stereocenters. The molecule has 3 nitrogen and oxygen atoms in total. The molecule has 1 aliphatic rings. The number of rotatable bonds is 5. The van der Waals surface area contributed by atoms with Crippen LogP contribution in [0.15, 0.2) is 24.3 Å². The van der Waals surface area contributed by atoms with Crippen LogP contribution in [0.4, 0.5) is 4.39 Å². The van der Waals surface area contributed by atoms with Gasteiger partial charge in [0.05, 0.1) is 6.26 Å². The fraction of sp³-hybridized carbons (Fsp3) is 0.600. The molecule has 2 rings (SSSR count). The summed E-state index contributed by atoms with van der Waals surface area (Å²) in [5, 5.41) is 0. The number of benzene rings is 1. The topological polar surface area (TPSA) is 37.4 Å². The molecule has 0 bridgehead atoms. The maximum absolute atomic E-state index is 13.9. The van der Waals surface area contributed by atoms with E-state index in [0.29, 0.717) is 24.5 Å². The first kappa shape index (κ1) is 16.7. The number of alkyl halides is 1. The van der Waals surface area contributed by atoms with Gasteiger partial charge in [-0.15, -0.1) is 11.6 Å². The van der Waals surface area contributed by atoms with Crippen LogP contribution in [0.3, 0.4) is 0 Å². The van der Waals surface area contributed by atoms with Crippen LogP contribution in [0.25, 0.3) is 0 Å². The third kappa shape index (κ3) is 4.41. The van der Waals surface area contributed by atoms with Crippen LogP contribution >= 0.6 is 11.6 Å². The number of piperidine rings is 1.